The van der Waals surface area contributed by atoms with E-state index in [1.807, 2.05) is 47.9 Å². The maximum atomic E-state index is 12.3. The summed E-state index contributed by atoms with van der Waals surface area (Å²) >= 11 is 0. The van der Waals surface area contributed by atoms with Crippen molar-refractivity contribution in [3.05, 3.63) is 79.3 Å². The predicted molar refractivity (Wildman–Crippen MR) is 158 cm³/mol. The van der Waals surface area contributed by atoms with E-state index in [2.05, 4.69) is 61.7 Å². The standard InChI is InChI=1S/C30H31N9O/c1-3-27(40)34-24-8-4-5-9-26(24)39-28(21-7-6-14-31-19-21)35-25-20-32-30(36-29(25)39)33-22-10-12-23(13-11-22)38-17-15-37(2)16-18-38/h4-14,19-20H,3,15-18H2,1-2H3,(H,34,40)(H,32,33,36). The molecule has 4 heterocycles. The van der Waals surface area contributed by atoms with E-state index in [9.17, 15) is 4.79 Å². The van der Waals surface area contributed by atoms with Crippen LogP contribution in [-0.4, -0.2) is 68.5 Å². The van der Waals surface area contributed by atoms with Gasteiger partial charge in [-0.1, -0.05) is 19.1 Å². The number of likely N-dealkylation sites (N-methyl/N-ethyl adjacent to an activating group) is 1. The van der Waals surface area contributed by atoms with Crippen LogP contribution in [0.25, 0.3) is 28.2 Å². The number of carbonyl (C=O) groups excluding carboxylic acids is 1. The van der Waals surface area contributed by atoms with Crippen LogP contribution in [0.4, 0.5) is 23.0 Å². The van der Waals surface area contributed by atoms with E-state index in [-0.39, 0.29) is 5.91 Å². The predicted octanol–water partition coefficient (Wildman–Crippen LogP) is 4.72. The third-order valence-electron chi connectivity index (χ3n) is 7.05. The maximum absolute atomic E-state index is 12.3. The van der Waals surface area contributed by atoms with Crippen LogP contribution < -0.4 is 15.5 Å². The number of aromatic nitrogens is 5. The highest BCUT2D eigenvalue weighted by Crippen LogP contribution is 2.32. The Morgan fingerprint density at radius 2 is 1.73 bits per heavy atom. The third kappa shape index (κ3) is 5.21. The van der Waals surface area contributed by atoms with Crippen LogP contribution in [0.1, 0.15) is 13.3 Å². The Balaban J connectivity index is 1.38. The topological polar surface area (TPSA) is 104 Å². The van der Waals surface area contributed by atoms with Crippen molar-refractivity contribution < 1.29 is 4.79 Å². The van der Waals surface area contributed by atoms with E-state index in [4.69, 9.17) is 9.97 Å². The number of pyridine rings is 1. The summed E-state index contributed by atoms with van der Waals surface area (Å²) < 4.78 is 1.95. The van der Waals surface area contributed by atoms with Crippen molar-refractivity contribution >= 4 is 40.1 Å². The lowest BCUT2D eigenvalue weighted by atomic mass is 10.2. The molecule has 3 aromatic heterocycles. The number of hydrogen-bond donors (Lipinski definition) is 2. The van der Waals surface area contributed by atoms with E-state index in [0.717, 1.165) is 43.1 Å². The number of benzene rings is 2. The van der Waals surface area contributed by atoms with E-state index < -0.39 is 0 Å². The second kappa shape index (κ2) is 11.1. The average Bonchev–Trinajstić information content (AvgIpc) is 3.37. The van der Waals surface area contributed by atoms with Gasteiger partial charge < -0.3 is 20.4 Å². The second-order valence-corrected chi connectivity index (χ2v) is 9.80. The molecule has 0 bridgehead atoms. The normalized spacial score (nSPS) is 13.9. The second-order valence-electron chi connectivity index (χ2n) is 9.80. The Hall–Kier alpha value is -4.83. The Morgan fingerprint density at radius 1 is 0.925 bits per heavy atom. The van der Waals surface area contributed by atoms with Gasteiger partial charge in [0.05, 0.1) is 17.6 Å². The first-order chi connectivity index (χ1) is 19.6. The number of carbonyl (C=O) groups is 1. The SMILES string of the molecule is CCC(=O)Nc1ccccc1-n1c(-c2cccnc2)nc2cnc(Nc3ccc(N4CCN(C)CC4)cc3)nc21. The number of hydrogen-bond acceptors (Lipinski definition) is 8. The summed E-state index contributed by atoms with van der Waals surface area (Å²) in [4.78, 5) is 35.7. The zero-order valence-corrected chi connectivity index (χ0v) is 22.6. The number of para-hydroxylation sites is 2. The van der Waals surface area contributed by atoms with E-state index >= 15 is 0 Å². The van der Waals surface area contributed by atoms with Gasteiger partial charge in [-0.05, 0) is 55.6 Å². The van der Waals surface area contributed by atoms with Gasteiger partial charge in [0.15, 0.2) is 5.65 Å². The molecule has 40 heavy (non-hydrogen) atoms. The lowest BCUT2D eigenvalue weighted by Gasteiger charge is -2.34. The summed E-state index contributed by atoms with van der Waals surface area (Å²) in [5, 5.41) is 6.36. The van der Waals surface area contributed by atoms with E-state index in [0.29, 0.717) is 35.0 Å². The number of imidazole rings is 1. The molecule has 2 N–H and O–H groups in total. The van der Waals surface area contributed by atoms with Crippen LogP contribution >= 0.6 is 0 Å². The van der Waals surface area contributed by atoms with Crippen molar-refractivity contribution in [3.8, 4) is 17.1 Å². The molecule has 0 atom stereocenters. The number of anilines is 4. The van der Waals surface area contributed by atoms with Gasteiger partial charge in [0.25, 0.3) is 0 Å². The maximum Gasteiger partial charge on any atom is 0.229 e. The van der Waals surface area contributed by atoms with E-state index in [1.54, 1.807) is 18.6 Å². The molecule has 1 amide bonds. The minimum Gasteiger partial charge on any atom is -0.369 e. The number of nitrogens with zero attached hydrogens (tertiary/aromatic N) is 7. The van der Waals surface area contributed by atoms with Gasteiger partial charge in [-0.2, -0.15) is 4.98 Å². The highest BCUT2D eigenvalue weighted by molar-refractivity contribution is 5.94. The fourth-order valence-corrected chi connectivity index (χ4v) is 4.81. The van der Waals surface area contributed by atoms with Crippen molar-refractivity contribution in [1.29, 1.82) is 0 Å². The molecule has 10 nitrogen and oxygen atoms in total. The highest BCUT2D eigenvalue weighted by atomic mass is 16.1. The van der Waals surface area contributed by atoms with Crippen LogP contribution in [0.2, 0.25) is 0 Å². The van der Waals surface area contributed by atoms with Crippen LogP contribution in [0.3, 0.4) is 0 Å². The summed E-state index contributed by atoms with van der Waals surface area (Å²) in [7, 11) is 2.16. The molecule has 1 aliphatic rings. The van der Waals surface area contributed by atoms with Gasteiger partial charge in [-0.25, -0.2) is 9.97 Å². The highest BCUT2D eigenvalue weighted by Gasteiger charge is 2.20. The van der Waals surface area contributed by atoms with Crippen molar-refractivity contribution in [2.75, 3.05) is 48.8 Å². The molecule has 6 rings (SSSR count). The lowest BCUT2D eigenvalue weighted by Crippen LogP contribution is -2.44. The van der Waals surface area contributed by atoms with E-state index in [1.165, 1.54) is 5.69 Å². The fourth-order valence-electron chi connectivity index (χ4n) is 4.81. The first-order valence-corrected chi connectivity index (χ1v) is 13.4. The number of piperazine rings is 1. The van der Waals surface area contributed by atoms with Gasteiger partial charge in [0, 0.05) is 61.9 Å². The molecular weight excluding hydrogens is 502 g/mol. The Bertz CT molecular complexity index is 1620. The molecule has 0 aliphatic carbocycles. The zero-order valence-electron chi connectivity index (χ0n) is 22.6. The molecule has 0 unspecified atom stereocenters. The molecule has 1 aliphatic heterocycles. The molecule has 0 radical (unpaired) electrons. The number of rotatable bonds is 7. The van der Waals surface area contributed by atoms with Crippen LogP contribution in [0.5, 0.6) is 0 Å². The molecule has 10 heteroatoms. The van der Waals surface area contributed by atoms with Crippen LogP contribution in [-0.2, 0) is 4.79 Å². The monoisotopic (exact) mass is 533 g/mol. The first-order valence-electron chi connectivity index (χ1n) is 13.4. The first kappa shape index (κ1) is 25.4. The van der Waals surface area contributed by atoms with Crippen molar-refractivity contribution in [2.45, 2.75) is 13.3 Å². The summed E-state index contributed by atoms with van der Waals surface area (Å²) in [6.45, 7) is 6.00. The Labute approximate surface area is 232 Å². The van der Waals surface area contributed by atoms with Crippen molar-refractivity contribution in [3.63, 3.8) is 0 Å². The van der Waals surface area contributed by atoms with Gasteiger partial charge in [-0.15, -0.1) is 0 Å². The number of amides is 1. The summed E-state index contributed by atoms with van der Waals surface area (Å²) in [5.74, 6) is 1.04. The summed E-state index contributed by atoms with van der Waals surface area (Å²) in [6.07, 6.45) is 5.58. The molecule has 1 saturated heterocycles. The Kier molecular flexibility index (Phi) is 7.07. The largest absolute Gasteiger partial charge is 0.369 e. The summed E-state index contributed by atoms with van der Waals surface area (Å²) in [6, 6.07) is 19.8. The minimum atomic E-state index is -0.0724. The third-order valence-corrected chi connectivity index (χ3v) is 7.05. The fraction of sp³-hybridized carbons (Fsp3) is 0.233. The van der Waals surface area contributed by atoms with Gasteiger partial charge in [0.1, 0.15) is 11.3 Å². The lowest BCUT2D eigenvalue weighted by molar-refractivity contribution is -0.115. The zero-order chi connectivity index (χ0) is 27.5. The van der Waals surface area contributed by atoms with Gasteiger partial charge in [-0.3, -0.25) is 14.3 Å². The smallest absolute Gasteiger partial charge is 0.229 e. The molecule has 202 valence electrons. The number of fused-ring (bicyclic) bond motifs is 1. The van der Waals surface area contributed by atoms with Gasteiger partial charge >= 0.3 is 0 Å². The van der Waals surface area contributed by atoms with Crippen LogP contribution in [0, 0.1) is 0 Å². The van der Waals surface area contributed by atoms with Crippen LogP contribution in [0.15, 0.2) is 79.3 Å². The molecular formula is C30H31N9O. The molecule has 1 fully saturated rings. The van der Waals surface area contributed by atoms with Crippen molar-refractivity contribution in [2.24, 2.45) is 0 Å². The molecule has 5 aromatic rings. The average molecular weight is 534 g/mol. The van der Waals surface area contributed by atoms with Crippen molar-refractivity contribution in [1.82, 2.24) is 29.4 Å². The quantitative estimate of drug-likeness (QED) is 0.310. The van der Waals surface area contributed by atoms with Gasteiger partial charge in [0.2, 0.25) is 11.9 Å². The molecule has 0 saturated carbocycles. The minimum absolute atomic E-state index is 0.0724. The summed E-state index contributed by atoms with van der Waals surface area (Å²) in [5.41, 5.74) is 5.60. The number of nitrogens with one attached hydrogen (secondary N) is 2. The molecule has 2 aromatic carbocycles. The Morgan fingerprint density at radius 3 is 2.48 bits per heavy atom. The molecule has 0 spiro atoms.